The van der Waals surface area contributed by atoms with E-state index in [0.717, 1.165) is 44.3 Å². The minimum atomic E-state index is 0.210. The number of hydrogen-bond acceptors (Lipinski definition) is 3. The second kappa shape index (κ2) is 10.5. The Morgan fingerprint density at radius 2 is 1.94 bits per heavy atom. The molecule has 1 aliphatic heterocycles. The van der Waals surface area contributed by atoms with Crippen LogP contribution in [0, 0.1) is 0 Å². The Kier molecular flexibility index (Phi) is 7.71. The van der Waals surface area contributed by atoms with Gasteiger partial charge in [-0.1, -0.05) is 38.1 Å². The summed E-state index contributed by atoms with van der Waals surface area (Å²) in [5, 5.41) is 7.97. The van der Waals surface area contributed by atoms with Gasteiger partial charge in [-0.25, -0.2) is 0 Å². The Morgan fingerprint density at radius 1 is 1.26 bits per heavy atom. The van der Waals surface area contributed by atoms with Crippen LogP contribution in [-0.4, -0.2) is 51.6 Å². The van der Waals surface area contributed by atoms with Crippen molar-refractivity contribution in [3.05, 3.63) is 52.8 Å². The predicted octanol–water partition coefficient (Wildman–Crippen LogP) is 3.26. The number of fused-ring (bicyclic) bond motifs is 1. The Balaban J connectivity index is 1.52. The number of aromatic nitrogens is 2. The number of nitrogens with zero attached hydrogens (tertiary/aromatic N) is 5. The molecule has 3 rings (SSSR count). The van der Waals surface area contributed by atoms with E-state index in [4.69, 9.17) is 4.99 Å². The normalized spacial score (nSPS) is 13.6. The fourth-order valence-electron chi connectivity index (χ4n) is 4.05. The molecule has 1 N–H and O–H groups in total. The molecule has 0 atom stereocenters. The maximum atomic E-state index is 12.6. The highest BCUT2D eigenvalue weighted by atomic mass is 16.2. The molecule has 7 nitrogen and oxygen atoms in total. The van der Waals surface area contributed by atoms with Gasteiger partial charge in [0, 0.05) is 65.0 Å². The van der Waals surface area contributed by atoms with Gasteiger partial charge in [-0.3, -0.25) is 14.5 Å². The van der Waals surface area contributed by atoms with Crippen molar-refractivity contribution in [3.8, 4) is 0 Å². The fourth-order valence-corrected chi connectivity index (χ4v) is 4.05. The van der Waals surface area contributed by atoms with Gasteiger partial charge in [-0.15, -0.1) is 0 Å². The van der Waals surface area contributed by atoms with Crippen LogP contribution in [0.4, 0.5) is 0 Å². The van der Waals surface area contributed by atoms with Gasteiger partial charge < -0.3 is 15.1 Å². The number of benzene rings is 1. The lowest BCUT2D eigenvalue weighted by Gasteiger charge is -2.22. The van der Waals surface area contributed by atoms with Crippen LogP contribution in [0.25, 0.3) is 0 Å². The SMILES string of the molecule is CCNC(=NCCCC(=O)N1Cc2ccccc2C1)N(C)Cc1cn(C)nc1C(C)C. The van der Waals surface area contributed by atoms with E-state index in [1.165, 1.54) is 16.7 Å². The highest BCUT2D eigenvalue weighted by molar-refractivity contribution is 5.80. The number of guanidine groups is 1. The van der Waals surface area contributed by atoms with Gasteiger partial charge in [-0.2, -0.15) is 5.10 Å². The molecule has 0 bridgehead atoms. The highest BCUT2D eigenvalue weighted by Crippen LogP contribution is 2.23. The van der Waals surface area contributed by atoms with Gasteiger partial charge in [0.15, 0.2) is 5.96 Å². The first-order valence-corrected chi connectivity index (χ1v) is 11.3. The van der Waals surface area contributed by atoms with E-state index < -0.39 is 0 Å². The summed E-state index contributed by atoms with van der Waals surface area (Å²) in [6.45, 7) is 10.0. The van der Waals surface area contributed by atoms with Gasteiger partial charge in [0.2, 0.25) is 5.91 Å². The average molecular weight is 425 g/mol. The molecule has 1 amide bonds. The molecule has 1 aromatic carbocycles. The van der Waals surface area contributed by atoms with Gasteiger partial charge in [0.05, 0.1) is 5.69 Å². The lowest BCUT2D eigenvalue weighted by Crippen LogP contribution is -2.38. The molecule has 0 saturated heterocycles. The van der Waals surface area contributed by atoms with Gasteiger partial charge in [-0.05, 0) is 30.4 Å². The van der Waals surface area contributed by atoms with Crippen molar-refractivity contribution >= 4 is 11.9 Å². The first-order valence-electron chi connectivity index (χ1n) is 11.3. The van der Waals surface area contributed by atoms with E-state index in [2.05, 4.69) is 54.4 Å². The summed E-state index contributed by atoms with van der Waals surface area (Å²) < 4.78 is 1.88. The Labute approximate surface area is 186 Å². The van der Waals surface area contributed by atoms with Gasteiger partial charge in [0.1, 0.15) is 0 Å². The lowest BCUT2D eigenvalue weighted by atomic mass is 10.1. The molecule has 2 aromatic rings. The van der Waals surface area contributed by atoms with Crippen LogP contribution in [0.1, 0.15) is 61.9 Å². The molecule has 0 saturated carbocycles. The summed E-state index contributed by atoms with van der Waals surface area (Å²) in [6.07, 6.45) is 3.36. The highest BCUT2D eigenvalue weighted by Gasteiger charge is 2.22. The Morgan fingerprint density at radius 3 is 2.55 bits per heavy atom. The minimum Gasteiger partial charge on any atom is -0.357 e. The third-order valence-electron chi connectivity index (χ3n) is 5.59. The van der Waals surface area contributed by atoms with Crippen LogP contribution in [0.2, 0.25) is 0 Å². The molecule has 0 aliphatic carbocycles. The van der Waals surface area contributed by atoms with Crippen molar-refractivity contribution in [1.82, 2.24) is 24.9 Å². The number of nitrogens with one attached hydrogen (secondary N) is 1. The first kappa shape index (κ1) is 22.8. The van der Waals surface area contributed by atoms with Gasteiger partial charge in [0.25, 0.3) is 0 Å². The maximum absolute atomic E-state index is 12.6. The molecular formula is C24H36N6O. The van der Waals surface area contributed by atoms with Crippen molar-refractivity contribution in [3.63, 3.8) is 0 Å². The lowest BCUT2D eigenvalue weighted by molar-refractivity contribution is -0.131. The third-order valence-corrected chi connectivity index (χ3v) is 5.59. The molecule has 0 spiro atoms. The summed E-state index contributed by atoms with van der Waals surface area (Å²) in [5.41, 5.74) is 4.87. The number of aliphatic imine (C=N–C) groups is 1. The van der Waals surface area contributed by atoms with Crippen molar-refractivity contribution < 1.29 is 4.79 Å². The summed E-state index contributed by atoms with van der Waals surface area (Å²) in [6, 6.07) is 8.29. The Bertz CT molecular complexity index is 892. The summed E-state index contributed by atoms with van der Waals surface area (Å²) in [5.74, 6) is 1.45. The zero-order valence-electron chi connectivity index (χ0n) is 19.6. The molecule has 1 aliphatic rings. The first-order chi connectivity index (χ1) is 14.9. The predicted molar refractivity (Wildman–Crippen MR) is 125 cm³/mol. The summed E-state index contributed by atoms with van der Waals surface area (Å²) in [7, 11) is 4.01. The number of carbonyl (C=O) groups is 1. The topological polar surface area (TPSA) is 65.8 Å². The number of rotatable bonds is 8. The van der Waals surface area contributed by atoms with E-state index in [0.29, 0.717) is 18.9 Å². The number of amides is 1. The van der Waals surface area contributed by atoms with Gasteiger partial charge >= 0.3 is 0 Å². The molecule has 0 fully saturated rings. The van der Waals surface area contributed by atoms with Crippen LogP contribution in [0.5, 0.6) is 0 Å². The summed E-state index contributed by atoms with van der Waals surface area (Å²) in [4.78, 5) is 21.4. The molecular weight excluding hydrogens is 388 g/mol. The number of hydrogen-bond donors (Lipinski definition) is 1. The third kappa shape index (κ3) is 5.87. The van der Waals surface area contributed by atoms with E-state index in [1.54, 1.807) is 0 Å². The van der Waals surface area contributed by atoms with Crippen LogP contribution < -0.4 is 5.32 Å². The van der Waals surface area contributed by atoms with E-state index in [9.17, 15) is 4.79 Å². The molecule has 31 heavy (non-hydrogen) atoms. The van der Waals surface area contributed by atoms with Crippen LogP contribution in [-0.2, 0) is 31.5 Å². The van der Waals surface area contributed by atoms with E-state index in [-0.39, 0.29) is 5.91 Å². The molecule has 1 aromatic heterocycles. The molecule has 0 radical (unpaired) electrons. The van der Waals surface area contributed by atoms with Crippen molar-refractivity contribution in [1.29, 1.82) is 0 Å². The fraction of sp³-hybridized carbons (Fsp3) is 0.542. The number of carbonyl (C=O) groups excluding carboxylic acids is 1. The average Bonchev–Trinajstić information content (AvgIpc) is 3.33. The summed E-state index contributed by atoms with van der Waals surface area (Å²) >= 11 is 0. The second-order valence-electron chi connectivity index (χ2n) is 8.58. The molecule has 7 heteroatoms. The van der Waals surface area contributed by atoms with E-state index >= 15 is 0 Å². The monoisotopic (exact) mass is 424 g/mol. The van der Waals surface area contributed by atoms with E-state index in [1.807, 2.05) is 35.8 Å². The Hall–Kier alpha value is -2.83. The zero-order valence-corrected chi connectivity index (χ0v) is 19.6. The smallest absolute Gasteiger partial charge is 0.223 e. The van der Waals surface area contributed by atoms with Crippen LogP contribution in [0.3, 0.4) is 0 Å². The van der Waals surface area contributed by atoms with Crippen molar-refractivity contribution in [2.24, 2.45) is 12.0 Å². The second-order valence-corrected chi connectivity index (χ2v) is 8.58. The minimum absolute atomic E-state index is 0.210. The van der Waals surface area contributed by atoms with Crippen molar-refractivity contribution in [2.75, 3.05) is 20.1 Å². The maximum Gasteiger partial charge on any atom is 0.223 e. The quantitative estimate of drug-likeness (QED) is 0.401. The number of aryl methyl sites for hydroxylation is 1. The zero-order chi connectivity index (χ0) is 22.4. The molecule has 168 valence electrons. The molecule has 0 unspecified atom stereocenters. The van der Waals surface area contributed by atoms with Crippen LogP contribution in [0.15, 0.2) is 35.5 Å². The molecule has 2 heterocycles. The standard InChI is InChI=1S/C24H36N6O/c1-6-25-24(28(4)14-21-15-29(5)27-23(21)18(2)3)26-13-9-12-22(31)30-16-19-10-7-8-11-20(19)17-30/h7-8,10-11,15,18H,6,9,12-14,16-17H2,1-5H3,(H,25,26). The largest absolute Gasteiger partial charge is 0.357 e. The van der Waals surface area contributed by atoms with Crippen molar-refractivity contribution in [2.45, 2.75) is 59.2 Å². The van der Waals surface area contributed by atoms with Crippen LogP contribution >= 0.6 is 0 Å².